The van der Waals surface area contributed by atoms with Crippen molar-refractivity contribution in [2.75, 3.05) is 34.4 Å². The van der Waals surface area contributed by atoms with Crippen LogP contribution in [0.5, 0.6) is 0 Å². The number of esters is 2. The number of nitrogens with zero attached hydrogens (tertiary/aromatic N) is 2. The van der Waals surface area contributed by atoms with Crippen molar-refractivity contribution in [1.29, 1.82) is 0 Å². The largest absolute Gasteiger partial charge is 0.464 e. The zero-order valence-corrected chi connectivity index (χ0v) is 23.9. The molecule has 44 heavy (non-hydrogen) atoms. The van der Waals surface area contributed by atoms with Gasteiger partial charge in [-0.05, 0) is 47.9 Å². The van der Waals surface area contributed by atoms with E-state index in [1.54, 1.807) is 17.0 Å². The average Bonchev–Trinajstić information content (AvgIpc) is 3.53. The predicted molar refractivity (Wildman–Crippen MR) is 152 cm³/mol. The third kappa shape index (κ3) is 3.64. The fourth-order valence-electron chi connectivity index (χ4n) is 7.61. The minimum Gasteiger partial charge on any atom is -0.464 e. The molecule has 2 amide bonds. The average molecular weight is 605 g/mol. The van der Waals surface area contributed by atoms with Crippen LogP contribution in [0, 0.1) is 11.8 Å². The van der Waals surface area contributed by atoms with E-state index in [2.05, 4.69) is 9.97 Å². The number of H-pyrrole nitrogens is 2. The molecule has 13 heteroatoms. The van der Waals surface area contributed by atoms with E-state index in [9.17, 15) is 28.8 Å². The number of piperidine rings is 2. The fraction of sp³-hybridized carbons (Fsp3) is 0.419. The van der Waals surface area contributed by atoms with Crippen molar-refractivity contribution in [2.45, 2.75) is 38.0 Å². The van der Waals surface area contributed by atoms with Crippen LogP contribution in [-0.2, 0) is 29.8 Å². The van der Waals surface area contributed by atoms with Crippen molar-refractivity contribution < 1.29 is 43.0 Å². The van der Waals surface area contributed by atoms with Crippen LogP contribution in [0.25, 0.3) is 0 Å². The van der Waals surface area contributed by atoms with Crippen LogP contribution >= 0.6 is 0 Å². The Morgan fingerprint density at radius 3 is 1.59 bits per heavy atom. The van der Waals surface area contributed by atoms with Crippen LogP contribution in [0.15, 0.2) is 35.7 Å². The molecule has 0 radical (unpaired) electrons. The summed E-state index contributed by atoms with van der Waals surface area (Å²) in [6.45, 7) is 2.69. The first-order valence-corrected chi connectivity index (χ1v) is 13.8. The van der Waals surface area contributed by atoms with E-state index in [0.29, 0.717) is 36.1 Å². The van der Waals surface area contributed by atoms with Crippen molar-refractivity contribution >= 4 is 35.5 Å². The molecule has 8 rings (SSSR count). The molecule has 0 aromatic carbocycles. The molecule has 4 aliphatic carbocycles. The molecular formula is C31H32N4O9. The molecule has 2 aromatic rings. The van der Waals surface area contributed by atoms with E-state index in [1.807, 2.05) is 0 Å². The summed E-state index contributed by atoms with van der Waals surface area (Å²) in [5, 5.41) is 0. The predicted octanol–water partition coefficient (Wildman–Crippen LogP) is 2.86. The van der Waals surface area contributed by atoms with Crippen LogP contribution < -0.4 is 0 Å². The number of aromatic amines is 2. The van der Waals surface area contributed by atoms with Gasteiger partial charge in [-0.2, -0.15) is 0 Å². The first-order chi connectivity index (χ1) is 20.5. The number of hydrogen-bond acceptors (Lipinski definition) is 9. The summed E-state index contributed by atoms with van der Waals surface area (Å²) in [6, 6.07) is 3.38. The number of amides is 2. The zero-order chi connectivity index (χ0) is 30.6. The first-order valence-electron chi connectivity index (χ1n) is 13.8. The molecule has 4 heterocycles. The van der Waals surface area contributed by atoms with Gasteiger partial charge in [-0.3, -0.25) is 19.3 Å². The normalized spacial score (nSPS) is 27.4. The van der Waals surface area contributed by atoms with Gasteiger partial charge in [-0.25, -0.2) is 14.4 Å². The summed E-state index contributed by atoms with van der Waals surface area (Å²) in [6.07, 6.45) is 4.34. The quantitative estimate of drug-likeness (QED) is 0.387. The van der Waals surface area contributed by atoms with Crippen molar-refractivity contribution in [2.24, 2.45) is 11.8 Å². The van der Waals surface area contributed by atoms with Crippen molar-refractivity contribution in [3.8, 4) is 0 Å². The molecule has 4 unspecified atom stereocenters. The van der Waals surface area contributed by atoms with Crippen molar-refractivity contribution in [3.63, 3.8) is 0 Å². The molecule has 4 fully saturated rings. The van der Waals surface area contributed by atoms with Crippen molar-refractivity contribution in [3.05, 3.63) is 69.6 Å². The summed E-state index contributed by atoms with van der Waals surface area (Å²) in [5.41, 5.74) is 3.87. The maximum absolute atomic E-state index is 12.3. The Morgan fingerprint density at radius 2 is 1.18 bits per heavy atom. The number of fused-ring (bicyclic) bond motifs is 2. The standard InChI is InChI=1S/C15H14N2O5.C15H14N2O4.CH4/c1-21-13(19)9-3-8-12(16-9)10(18)4-11-15(8)5-7(15)6-17(11)14(20)22-2;1-7(18)17-6-8-5-15(8)9-3-10(14(20)21-2)16-13(9)11(19)4-12(15)17;/h3-4,7,16H,5-6H2,1-2H3;3-4,8,16H,5-6H2,1-2H3;1H4. The maximum atomic E-state index is 12.3. The third-order valence-electron chi connectivity index (χ3n) is 9.72. The first kappa shape index (κ1) is 29.1. The second kappa shape index (κ2) is 9.53. The lowest BCUT2D eigenvalue weighted by Crippen LogP contribution is -2.33. The zero-order valence-electron chi connectivity index (χ0n) is 23.9. The smallest absolute Gasteiger partial charge is 0.413 e. The second-order valence-electron chi connectivity index (χ2n) is 11.7. The van der Waals surface area contributed by atoms with Crippen molar-refractivity contribution in [1.82, 2.24) is 19.8 Å². The molecular weight excluding hydrogens is 572 g/mol. The Bertz CT molecular complexity index is 1760. The molecule has 2 N–H and O–H groups in total. The third-order valence-corrected chi connectivity index (χ3v) is 9.72. The van der Waals surface area contributed by atoms with Gasteiger partial charge in [-0.15, -0.1) is 0 Å². The highest BCUT2D eigenvalue weighted by molar-refractivity contribution is 6.10. The second-order valence-corrected chi connectivity index (χ2v) is 11.7. The van der Waals surface area contributed by atoms with Gasteiger partial charge >= 0.3 is 18.0 Å². The molecule has 2 saturated carbocycles. The summed E-state index contributed by atoms with van der Waals surface area (Å²) in [7, 11) is 3.92. The van der Waals surface area contributed by atoms with E-state index >= 15 is 0 Å². The van der Waals surface area contributed by atoms with Gasteiger partial charge in [0.2, 0.25) is 17.5 Å². The number of methoxy groups -OCH3 is 3. The highest BCUT2D eigenvalue weighted by atomic mass is 16.5. The van der Waals surface area contributed by atoms with Gasteiger partial charge in [0, 0.05) is 54.4 Å². The van der Waals surface area contributed by atoms with E-state index in [0.717, 1.165) is 29.7 Å². The van der Waals surface area contributed by atoms with Crippen LogP contribution in [0.4, 0.5) is 4.79 Å². The lowest BCUT2D eigenvalue weighted by Gasteiger charge is -2.26. The number of carbonyl (C=O) groups excluding carboxylic acids is 6. The number of ketones is 2. The molecule has 2 aliphatic heterocycles. The number of aromatic nitrogens is 2. The lowest BCUT2D eigenvalue weighted by atomic mass is 9.85. The number of rotatable bonds is 2. The van der Waals surface area contributed by atoms with Gasteiger partial charge in [0.1, 0.15) is 11.4 Å². The molecule has 6 aliphatic rings. The summed E-state index contributed by atoms with van der Waals surface area (Å²) in [5.74, 6) is -0.902. The Morgan fingerprint density at radius 1 is 0.750 bits per heavy atom. The lowest BCUT2D eigenvalue weighted by molar-refractivity contribution is -0.126. The van der Waals surface area contributed by atoms with Gasteiger partial charge in [0.15, 0.2) is 0 Å². The molecule has 230 valence electrons. The van der Waals surface area contributed by atoms with Gasteiger partial charge < -0.3 is 29.1 Å². The molecule has 2 aromatic heterocycles. The molecule has 4 atom stereocenters. The Balaban J connectivity index is 0.000000153. The molecule has 13 nitrogen and oxygen atoms in total. The fourth-order valence-corrected chi connectivity index (χ4v) is 7.61. The van der Waals surface area contributed by atoms with Crippen LogP contribution in [0.3, 0.4) is 0 Å². The minimum atomic E-state index is -0.514. The van der Waals surface area contributed by atoms with E-state index in [1.165, 1.54) is 45.3 Å². The van der Waals surface area contributed by atoms with E-state index in [4.69, 9.17) is 14.2 Å². The Hall–Kier alpha value is -4.94. The summed E-state index contributed by atoms with van der Waals surface area (Å²) < 4.78 is 14.2. The number of carbonyl (C=O) groups is 6. The van der Waals surface area contributed by atoms with Gasteiger partial charge in [0.05, 0.1) is 32.7 Å². The highest BCUT2D eigenvalue weighted by Gasteiger charge is 2.69. The molecule has 0 bridgehead atoms. The highest BCUT2D eigenvalue weighted by Crippen LogP contribution is 2.67. The van der Waals surface area contributed by atoms with Gasteiger partial charge in [0.25, 0.3) is 0 Å². The number of hydrogen-bond donors (Lipinski definition) is 2. The van der Waals surface area contributed by atoms with E-state index in [-0.39, 0.29) is 53.0 Å². The number of ether oxygens (including phenoxy) is 3. The van der Waals surface area contributed by atoms with Crippen LogP contribution in [-0.4, -0.2) is 89.7 Å². The van der Waals surface area contributed by atoms with Crippen LogP contribution in [0.1, 0.15) is 80.3 Å². The number of likely N-dealkylation sites (tertiary alicyclic amines) is 2. The number of nitrogens with one attached hydrogen (secondary N) is 2. The SMILES string of the molecule is C.COC(=O)c1cc2c([nH]1)C(=O)C=C1N(C(=O)OC)CC3CC123.COC(=O)c1cc2c([nH]1)C(=O)C=C1N(C(C)=O)CC3CC123. The number of allylic oxidation sites excluding steroid dienone is 4. The Labute approximate surface area is 252 Å². The maximum Gasteiger partial charge on any atom is 0.413 e. The van der Waals surface area contributed by atoms with E-state index < -0.39 is 18.0 Å². The summed E-state index contributed by atoms with van der Waals surface area (Å²) in [4.78, 5) is 80.5. The molecule has 2 spiro atoms. The minimum absolute atomic E-state index is 0. The Kier molecular flexibility index (Phi) is 6.31. The monoisotopic (exact) mass is 604 g/mol. The van der Waals surface area contributed by atoms with Crippen LogP contribution in [0.2, 0.25) is 0 Å². The topological polar surface area (TPSA) is 168 Å². The van der Waals surface area contributed by atoms with Gasteiger partial charge in [-0.1, -0.05) is 7.43 Å². The molecule has 2 saturated heterocycles. The summed E-state index contributed by atoms with van der Waals surface area (Å²) >= 11 is 0.